The van der Waals surface area contributed by atoms with Crippen molar-refractivity contribution in [2.45, 2.75) is 6.42 Å². The molecule has 0 atom stereocenters. The molecule has 0 aliphatic heterocycles. The molecule has 0 radical (unpaired) electrons. The minimum Gasteiger partial charge on any atom is -0.492 e. The highest BCUT2D eigenvalue weighted by Crippen LogP contribution is 2.27. The van der Waals surface area contributed by atoms with E-state index >= 15 is 0 Å². The van der Waals surface area contributed by atoms with Crippen LogP contribution in [0.15, 0.2) is 48.5 Å². The molecule has 0 N–H and O–H groups in total. The Morgan fingerprint density at radius 2 is 1.90 bits per heavy atom. The molecule has 20 heavy (non-hydrogen) atoms. The first-order valence-corrected chi connectivity index (χ1v) is 6.06. The normalized spacial score (nSPS) is 9.75. The first kappa shape index (κ1) is 13.6. The van der Waals surface area contributed by atoms with E-state index in [0.717, 1.165) is 5.56 Å². The summed E-state index contributed by atoms with van der Waals surface area (Å²) in [5.41, 5.74) is 0.840. The molecule has 0 saturated heterocycles. The van der Waals surface area contributed by atoms with Crippen LogP contribution in [-0.2, 0) is 6.42 Å². The maximum Gasteiger partial charge on any atom is 0.290 e. The lowest BCUT2D eigenvalue weighted by Crippen LogP contribution is -2.03. The van der Waals surface area contributed by atoms with Gasteiger partial charge in [-0.2, -0.15) is 5.26 Å². The van der Waals surface area contributed by atoms with Crippen LogP contribution in [0.1, 0.15) is 11.1 Å². The summed E-state index contributed by atoms with van der Waals surface area (Å²) in [6.45, 7) is 0.361. The molecule has 0 bridgehead atoms. The van der Waals surface area contributed by atoms with Gasteiger partial charge in [0.15, 0.2) is 5.56 Å². The number of nitriles is 1. The van der Waals surface area contributed by atoms with Gasteiger partial charge in [-0.25, -0.2) is 0 Å². The third-order valence-corrected chi connectivity index (χ3v) is 2.80. The monoisotopic (exact) mass is 268 g/mol. The predicted octanol–water partition coefficient (Wildman–Crippen LogP) is 3.09. The van der Waals surface area contributed by atoms with Gasteiger partial charge in [-0.3, -0.25) is 10.1 Å². The van der Waals surface area contributed by atoms with E-state index in [4.69, 9.17) is 10.00 Å². The van der Waals surface area contributed by atoms with Crippen molar-refractivity contribution in [3.63, 3.8) is 0 Å². The molecular formula is C15H12N2O3. The van der Waals surface area contributed by atoms with Gasteiger partial charge in [-0.15, -0.1) is 0 Å². The Morgan fingerprint density at radius 3 is 2.55 bits per heavy atom. The number of nitro benzene ring substituents is 1. The van der Waals surface area contributed by atoms with Gasteiger partial charge in [-0.1, -0.05) is 36.4 Å². The largest absolute Gasteiger partial charge is 0.492 e. The van der Waals surface area contributed by atoms with Gasteiger partial charge >= 0.3 is 0 Å². The fourth-order valence-electron chi connectivity index (χ4n) is 1.83. The van der Waals surface area contributed by atoms with Gasteiger partial charge in [-0.05, 0) is 11.6 Å². The molecule has 0 aliphatic rings. The highest BCUT2D eigenvalue weighted by molar-refractivity contribution is 5.56. The highest BCUT2D eigenvalue weighted by Gasteiger charge is 2.17. The molecule has 0 aliphatic carbocycles. The molecule has 2 aromatic carbocycles. The maximum atomic E-state index is 10.8. The molecule has 0 heterocycles. The molecule has 0 aromatic heterocycles. The summed E-state index contributed by atoms with van der Waals surface area (Å²) in [5, 5.41) is 19.9. The molecule has 2 rings (SSSR count). The number of rotatable bonds is 5. The Bertz CT molecular complexity index is 648. The van der Waals surface area contributed by atoms with E-state index in [-0.39, 0.29) is 17.0 Å². The van der Waals surface area contributed by atoms with Gasteiger partial charge in [0, 0.05) is 12.5 Å². The minimum atomic E-state index is -0.581. The molecule has 2 aromatic rings. The summed E-state index contributed by atoms with van der Waals surface area (Å²) >= 11 is 0. The average molecular weight is 268 g/mol. The summed E-state index contributed by atoms with van der Waals surface area (Å²) in [6.07, 6.45) is 0.675. The molecule has 0 fully saturated rings. The fraction of sp³-hybridized carbons (Fsp3) is 0.133. The van der Waals surface area contributed by atoms with Crippen molar-refractivity contribution < 1.29 is 9.66 Å². The number of ether oxygens (including phenoxy) is 1. The number of nitro groups is 1. The molecule has 0 amide bonds. The molecule has 5 nitrogen and oxygen atoms in total. The lowest BCUT2D eigenvalue weighted by molar-refractivity contribution is -0.385. The Hall–Kier alpha value is -2.87. The van der Waals surface area contributed by atoms with E-state index in [2.05, 4.69) is 0 Å². The zero-order chi connectivity index (χ0) is 14.4. The summed E-state index contributed by atoms with van der Waals surface area (Å²) < 4.78 is 5.50. The third kappa shape index (κ3) is 3.12. The van der Waals surface area contributed by atoms with Crippen molar-refractivity contribution in [1.82, 2.24) is 0 Å². The zero-order valence-corrected chi connectivity index (χ0v) is 10.7. The van der Waals surface area contributed by atoms with Crippen LogP contribution in [0.5, 0.6) is 5.75 Å². The molecular weight excluding hydrogens is 256 g/mol. The summed E-state index contributed by atoms with van der Waals surface area (Å²) in [4.78, 5) is 10.2. The topological polar surface area (TPSA) is 76.2 Å². The molecule has 0 saturated carbocycles. The smallest absolute Gasteiger partial charge is 0.290 e. The number of hydrogen-bond donors (Lipinski definition) is 0. The number of benzene rings is 2. The maximum absolute atomic E-state index is 10.8. The van der Waals surface area contributed by atoms with Crippen LogP contribution < -0.4 is 4.74 Å². The van der Waals surface area contributed by atoms with E-state index in [1.54, 1.807) is 6.07 Å². The van der Waals surface area contributed by atoms with Gasteiger partial charge in [0.05, 0.1) is 11.5 Å². The molecule has 0 spiro atoms. The Morgan fingerprint density at radius 1 is 1.15 bits per heavy atom. The van der Waals surface area contributed by atoms with Crippen LogP contribution in [0.4, 0.5) is 5.69 Å². The van der Waals surface area contributed by atoms with E-state index in [1.165, 1.54) is 12.1 Å². The first-order chi connectivity index (χ1) is 9.72. The summed E-state index contributed by atoms with van der Waals surface area (Å²) in [6, 6.07) is 15.9. The van der Waals surface area contributed by atoms with Crippen LogP contribution >= 0.6 is 0 Å². The van der Waals surface area contributed by atoms with Crippen LogP contribution in [0.25, 0.3) is 0 Å². The van der Waals surface area contributed by atoms with E-state index in [1.807, 2.05) is 36.4 Å². The number of hydrogen-bond acceptors (Lipinski definition) is 4. The summed E-state index contributed by atoms with van der Waals surface area (Å²) in [5.74, 6) is 0.248. The lowest BCUT2D eigenvalue weighted by Gasteiger charge is -2.07. The van der Waals surface area contributed by atoms with Crippen molar-refractivity contribution in [2.75, 3.05) is 6.61 Å². The van der Waals surface area contributed by atoms with Crippen LogP contribution in [-0.4, -0.2) is 11.5 Å². The Labute approximate surface area is 116 Å². The van der Waals surface area contributed by atoms with Crippen LogP contribution in [0.3, 0.4) is 0 Å². The summed E-state index contributed by atoms with van der Waals surface area (Å²) in [7, 11) is 0. The van der Waals surface area contributed by atoms with Crippen molar-refractivity contribution in [1.29, 1.82) is 5.26 Å². The van der Waals surface area contributed by atoms with Crippen molar-refractivity contribution in [3.05, 3.63) is 69.8 Å². The molecule has 0 unspecified atom stereocenters. The van der Waals surface area contributed by atoms with Crippen molar-refractivity contribution >= 4 is 5.69 Å². The van der Waals surface area contributed by atoms with Crippen molar-refractivity contribution in [2.24, 2.45) is 0 Å². The molecule has 5 heteroatoms. The average Bonchev–Trinajstić information content (AvgIpc) is 2.48. The fourth-order valence-corrected chi connectivity index (χ4v) is 1.83. The Balaban J connectivity index is 2.09. The van der Waals surface area contributed by atoms with Gasteiger partial charge in [0.1, 0.15) is 11.8 Å². The van der Waals surface area contributed by atoms with E-state index < -0.39 is 4.92 Å². The van der Waals surface area contributed by atoms with E-state index in [0.29, 0.717) is 13.0 Å². The standard InChI is InChI=1S/C15H12N2O3/c16-11-13-14(17(18)19)7-4-8-15(13)20-10-9-12-5-2-1-3-6-12/h1-8H,9-10H2. The Kier molecular flexibility index (Phi) is 4.30. The highest BCUT2D eigenvalue weighted by atomic mass is 16.6. The van der Waals surface area contributed by atoms with Gasteiger partial charge in [0.25, 0.3) is 5.69 Å². The molecule has 100 valence electrons. The van der Waals surface area contributed by atoms with Crippen molar-refractivity contribution in [3.8, 4) is 11.8 Å². The minimum absolute atomic E-state index is 0.0365. The predicted molar refractivity (Wildman–Crippen MR) is 73.5 cm³/mol. The SMILES string of the molecule is N#Cc1c(OCCc2ccccc2)cccc1[N+](=O)[O-]. The quantitative estimate of drug-likeness (QED) is 0.616. The van der Waals surface area contributed by atoms with Crippen LogP contribution in [0.2, 0.25) is 0 Å². The number of nitrogens with zero attached hydrogens (tertiary/aromatic N) is 2. The van der Waals surface area contributed by atoms with Gasteiger partial charge < -0.3 is 4.74 Å². The van der Waals surface area contributed by atoms with E-state index in [9.17, 15) is 10.1 Å². The lowest BCUT2D eigenvalue weighted by atomic mass is 10.1. The second-order valence-electron chi connectivity index (χ2n) is 4.10. The zero-order valence-electron chi connectivity index (χ0n) is 10.7. The second-order valence-corrected chi connectivity index (χ2v) is 4.10. The third-order valence-electron chi connectivity index (χ3n) is 2.80. The van der Waals surface area contributed by atoms with Gasteiger partial charge in [0.2, 0.25) is 0 Å². The first-order valence-electron chi connectivity index (χ1n) is 6.06. The second kappa shape index (κ2) is 6.34. The van der Waals surface area contributed by atoms with Crippen LogP contribution in [0, 0.1) is 21.4 Å².